The van der Waals surface area contributed by atoms with Crippen LogP contribution in [-0.4, -0.2) is 35.3 Å². The summed E-state index contributed by atoms with van der Waals surface area (Å²) in [5.74, 6) is -1.58. The number of hydrogen-bond donors (Lipinski definition) is 2. The minimum atomic E-state index is -1.21. The molecule has 0 bridgehead atoms. The third kappa shape index (κ3) is 2.49. The largest absolute Gasteiger partial charge is 0.338 e. The van der Waals surface area contributed by atoms with E-state index in [1.54, 1.807) is 35.2 Å². The molecule has 150 valence electrons. The number of fused-ring (bicyclic) bond motifs is 3. The first-order valence-electron chi connectivity index (χ1n) is 9.45. The summed E-state index contributed by atoms with van der Waals surface area (Å²) in [6.07, 6.45) is 0.681. The molecule has 3 heterocycles. The van der Waals surface area contributed by atoms with Crippen LogP contribution in [-0.2, 0) is 15.1 Å². The average molecular weight is 434 g/mol. The van der Waals surface area contributed by atoms with E-state index in [1.165, 1.54) is 13.0 Å². The number of carbonyl (C=O) groups is 2. The lowest BCUT2D eigenvalue weighted by Crippen LogP contribution is -2.50. The van der Waals surface area contributed by atoms with E-state index >= 15 is 4.39 Å². The van der Waals surface area contributed by atoms with Crippen LogP contribution in [0.4, 0.5) is 10.1 Å². The number of amides is 2. The number of rotatable bonds is 1. The van der Waals surface area contributed by atoms with Gasteiger partial charge < -0.3 is 10.2 Å². The summed E-state index contributed by atoms with van der Waals surface area (Å²) in [5, 5.41) is 6.85. The highest BCUT2D eigenvalue weighted by Crippen LogP contribution is 2.55. The molecule has 0 aromatic heterocycles. The van der Waals surface area contributed by atoms with Crippen molar-refractivity contribution in [1.29, 1.82) is 0 Å². The van der Waals surface area contributed by atoms with E-state index in [0.29, 0.717) is 34.8 Å². The molecule has 0 saturated carbocycles. The number of nitrogens with one attached hydrogen (secondary N) is 2. The fourth-order valence-corrected chi connectivity index (χ4v) is 5.68. The monoisotopic (exact) mass is 433 g/mol. The molecule has 2 aromatic carbocycles. The van der Waals surface area contributed by atoms with Crippen molar-refractivity contribution in [3.8, 4) is 0 Å². The van der Waals surface area contributed by atoms with Gasteiger partial charge in [0.05, 0.1) is 11.1 Å². The molecule has 5 nitrogen and oxygen atoms in total. The van der Waals surface area contributed by atoms with Crippen molar-refractivity contribution in [2.75, 3.05) is 11.9 Å². The summed E-state index contributed by atoms with van der Waals surface area (Å²) in [6, 6.07) is 9.48. The van der Waals surface area contributed by atoms with Gasteiger partial charge in [-0.3, -0.25) is 14.9 Å². The molecule has 4 atom stereocenters. The van der Waals surface area contributed by atoms with Crippen molar-refractivity contribution >= 4 is 40.7 Å². The smallest absolute Gasteiger partial charge is 0.250 e. The van der Waals surface area contributed by atoms with Crippen molar-refractivity contribution in [1.82, 2.24) is 10.2 Å². The molecule has 1 spiro atoms. The SMILES string of the molecule is CC(=O)N1CCC2NC3(C(=O)Nc4cc(Cl)ccc43)C(c3cccc(Cl)c3F)C21. The van der Waals surface area contributed by atoms with Crippen LogP contribution in [0.2, 0.25) is 10.0 Å². The van der Waals surface area contributed by atoms with Crippen molar-refractivity contribution in [2.45, 2.75) is 36.9 Å². The third-order valence-electron chi connectivity index (χ3n) is 6.41. The summed E-state index contributed by atoms with van der Waals surface area (Å²) in [7, 11) is 0. The van der Waals surface area contributed by atoms with Crippen LogP contribution < -0.4 is 10.6 Å². The quantitative estimate of drug-likeness (QED) is 0.721. The molecule has 4 unspecified atom stereocenters. The zero-order chi connectivity index (χ0) is 20.5. The van der Waals surface area contributed by atoms with E-state index in [4.69, 9.17) is 23.2 Å². The zero-order valence-corrected chi connectivity index (χ0v) is 17.0. The lowest BCUT2D eigenvalue weighted by atomic mass is 9.74. The van der Waals surface area contributed by atoms with Crippen molar-refractivity contribution in [2.24, 2.45) is 0 Å². The third-order valence-corrected chi connectivity index (χ3v) is 6.94. The van der Waals surface area contributed by atoms with Crippen LogP contribution in [0.5, 0.6) is 0 Å². The van der Waals surface area contributed by atoms with Gasteiger partial charge in [-0.1, -0.05) is 41.4 Å². The molecule has 2 saturated heterocycles. The molecule has 8 heteroatoms. The molecule has 29 heavy (non-hydrogen) atoms. The fraction of sp³-hybridized carbons (Fsp3) is 0.333. The molecule has 3 aliphatic heterocycles. The summed E-state index contributed by atoms with van der Waals surface area (Å²) in [6.45, 7) is 2.06. The van der Waals surface area contributed by atoms with Gasteiger partial charge in [-0.05, 0) is 30.2 Å². The predicted octanol–water partition coefficient (Wildman–Crippen LogP) is 3.66. The summed E-state index contributed by atoms with van der Waals surface area (Å²) >= 11 is 12.2. The molecular formula is C21H18Cl2FN3O2. The van der Waals surface area contributed by atoms with E-state index in [2.05, 4.69) is 10.6 Å². The van der Waals surface area contributed by atoms with Gasteiger partial charge >= 0.3 is 0 Å². The Hall–Kier alpha value is -2.15. The Balaban J connectivity index is 1.77. The Morgan fingerprint density at radius 2 is 2.07 bits per heavy atom. The highest BCUT2D eigenvalue weighted by molar-refractivity contribution is 6.31. The number of anilines is 1. The molecule has 2 amide bonds. The van der Waals surface area contributed by atoms with Crippen LogP contribution >= 0.6 is 23.2 Å². The standard InChI is InChI=1S/C21H18Cl2FN3O2/c1-10(28)27-8-7-15-19(27)17(12-3-2-4-14(23)18(12)24)21(26-15)13-6-5-11(22)9-16(13)25-20(21)29/h2-6,9,15,17,19,26H,7-8H2,1H3,(H,25,29). The van der Waals surface area contributed by atoms with E-state index in [9.17, 15) is 9.59 Å². The number of likely N-dealkylation sites (tertiary alicyclic amines) is 1. The van der Waals surface area contributed by atoms with Crippen LogP contribution in [0, 0.1) is 5.82 Å². The Morgan fingerprint density at radius 1 is 1.28 bits per heavy atom. The van der Waals surface area contributed by atoms with Crippen LogP contribution in [0.1, 0.15) is 30.4 Å². The summed E-state index contributed by atoms with van der Waals surface area (Å²) < 4.78 is 15.2. The van der Waals surface area contributed by atoms with Gasteiger partial charge in [0.1, 0.15) is 11.4 Å². The molecule has 2 N–H and O–H groups in total. The van der Waals surface area contributed by atoms with Gasteiger partial charge in [0.2, 0.25) is 11.8 Å². The van der Waals surface area contributed by atoms with E-state index in [0.717, 1.165) is 0 Å². The maximum Gasteiger partial charge on any atom is 0.250 e. The van der Waals surface area contributed by atoms with Crippen LogP contribution in [0.25, 0.3) is 0 Å². The average Bonchev–Trinajstić information content (AvgIpc) is 3.29. The first-order valence-corrected chi connectivity index (χ1v) is 10.2. The predicted molar refractivity (Wildman–Crippen MR) is 109 cm³/mol. The van der Waals surface area contributed by atoms with Gasteiger partial charge in [-0.2, -0.15) is 0 Å². The first-order chi connectivity index (χ1) is 13.8. The maximum absolute atomic E-state index is 15.2. The maximum atomic E-state index is 15.2. The van der Waals surface area contributed by atoms with Gasteiger partial charge in [-0.15, -0.1) is 0 Å². The van der Waals surface area contributed by atoms with E-state index in [-0.39, 0.29) is 28.9 Å². The van der Waals surface area contributed by atoms with E-state index < -0.39 is 17.3 Å². The number of carbonyl (C=O) groups excluding carboxylic acids is 2. The number of benzene rings is 2. The molecule has 0 aliphatic carbocycles. The van der Waals surface area contributed by atoms with Crippen LogP contribution in [0.15, 0.2) is 36.4 Å². The summed E-state index contributed by atoms with van der Waals surface area (Å²) in [5.41, 5.74) is 0.407. The molecule has 2 aromatic rings. The molecule has 3 aliphatic rings. The van der Waals surface area contributed by atoms with E-state index in [1.807, 2.05) is 0 Å². The van der Waals surface area contributed by atoms with Gasteiger partial charge in [0.15, 0.2) is 0 Å². The second kappa shape index (κ2) is 6.42. The second-order valence-corrected chi connectivity index (χ2v) is 8.66. The second-order valence-electron chi connectivity index (χ2n) is 7.82. The highest BCUT2D eigenvalue weighted by atomic mass is 35.5. The van der Waals surface area contributed by atoms with Gasteiger partial charge in [-0.25, -0.2) is 4.39 Å². The number of nitrogens with zero attached hydrogens (tertiary/aromatic N) is 1. The van der Waals surface area contributed by atoms with Crippen molar-refractivity contribution < 1.29 is 14.0 Å². The Morgan fingerprint density at radius 3 is 2.83 bits per heavy atom. The van der Waals surface area contributed by atoms with Crippen molar-refractivity contribution in [3.05, 3.63) is 63.4 Å². The topological polar surface area (TPSA) is 61.4 Å². The van der Waals surface area contributed by atoms with Crippen LogP contribution in [0.3, 0.4) is 0 Å². The first kappa shape index (κ1) is 18.9. The summed E-state index contributed by atoms with van der Waals surface area (Å²) in [4.78, 5) is 27.5. The fourth-order valence-electron chi connectivity index (χ4n) is 5.33. The molecular weight excluding hydrogens is 416 g/mol. The highest BCUT2D eigenvalue weighted by Gasteiger charge is 2.65. The molecule has 2 fully saturated rings. The van der Waals surface area contributed by atoms with Gasteiger partial charge in [0, 0.05) is 41.7 Å². The Bertz CT molecular complexity index is 1060. The number of hydrogen-bond acceptors (Lipinski definition) is 3. The zero-order valence-electron chi connectivity index (χ0n) is 15.5. The normalized spacial score (nSPS) is 29.9. The van der Waals surface area contributed by atoms with Crippen molar-refractivity contribution in [3.63, 3.8) is 0 Å². The Labute approximate surface area is 177 Å². The molecule has 5 rings (SSSR count). The minimum absolute atomic E-state index is 0.0109. The van der Waals surface area contributed by atoms with Gasteiger partial charge in [0.25, 0.3) is 0 Å². The number of halogens is 3. The molecule has 0 radical (unpaired) electrons. The lowest BCUT2D eigenvalue weighted by Gasteiger charge is -2.36. The lowest BCUT2D eigenvalue weighted by molar-refractivity contribution is -0.131. The minimum Gasteiger partial charge on any atom is -0.338 e. The Kier molecular flexibility index (Phi) is 4.18.